The third-order valence-electron chi connectivity index (χ3n) is 2.01. The first kappa shape index (κ1) is 10.6. The lowest BCUT2D eigenvalue weighted by Gasteiger charge is -2.15. The first-order valence-electron chi connectivity index (χ1n) is 4.28. The number of nitrogens with one attached hydrogen (secondary N) is 1. The molecular formula is C9H14N2O3. The minimum Gasteiger partial charge on any atom is -0.477 e. The summed E-state index contributed by atoms with van der Waals surface area (Å²) in [7, 11) is 1.50. The van der Waals surface area contributed by atoms with Crippen molar-refractivity contribution in [1.29, 1.82) is 0 Å². The third kappa shape index (κ3) is 1.57. The maximum atomic E-state index is 11.6. The zero-order chi connectivity index (χ0) is 11.1. The molecule has 0 bridgehead atoms. The van der Waals surface area contributed by atoms with Crippen LogP contribution in [-0.4, -0.2) is 20.9 Å². The summed E-state index contributed by atoms with van der Waals surface area (Å²) in [6.45, 7) is 5.43. The Labute approximate surface area is 81.3 Å². The van der Waals surface area contributed by atoms with Gasteiger partial charge < -0.3 is 5.11 Å². The van der Waals surface area contributed by atoms with Crippen molar-refractivity contribution in [2.45, 2.75) is 26.2 Å². The number of aryl methyl sites for hydroxylation is 1. The lowest BCUT2D eigenvalue weighted by atomic mass is 9.87. The van der Waals surface area contributed by atoms with Crippen LogP contribution in [0.4, 0.5) is 0 Å². The summed E-state index contributed by atoms with van der Waals surface area (Å²) >= 11 is 0. The highest BCUT2D eigenvalue weighted by Gasteiger charge is 2.28. The number of carboxylic acids is 1. The standard InChI is InChI=1S/C9H14N2O3/c1-9(2,3)5-6(8(13)14)10-11(4)7(5)12/h10H,1-4H3,(H,13,14). The van der Waals surface area contributed by atoms with E-state index in [1.54, 1.807) is 0 Å². The van der Waals surface area contributed by atoms with Crippen LogP contribution >= 0.6 is 0 Å². The second-order valence-electron chi connectivity index (χ2n) is 4.28. The van der Waals surface area contributed by atoms with Crippen molar-refractivity contribution in [3.8, 4) is 0 Å². The number of hydrogen-bond donors (Lipinski definition) is 2. The molecule has 1 rings (SSSR count). The Morgan fingerprint density at radius 1 is 1.43 bits per heavy atom. The van der Waals surface area contributed by atoms with E-state index in [-0.39, 0.29) is 11.3 Å². The largest absolute Gasteiger partial charge is 0.477 e. The van der Waals surface area contributed by atoms with E-state index in [1.165, 1.54) is 11.7 Å². The molecule has 0 atom stereocenters. The van der Waals surface area contributed by atoms with Gasteiger partial charge in [0.05, 0.1) is 5.56 Å². The van der Waals surface area contributed by atoms with E-state index in [0.717, 1.165) is 0 Å². The van der Waals surface area contributed by atoms with E-state index in [0.29, 0.717) is 5.56 Å². The molecule has 0 aliphatic carbocycles. The van der Waals surface area contributed by atoms with Crippen molar-refractivity contribution in [3.05, 3.63) is 21.6 Å². The summed E-state index contributed by atoms with van der Waals surface area (Å²) in [4.78, 5) is 22.5. The van der Waals surface area contributed by atoms with Gasteiger partial charge in [0.2, 0.25) is 0 Å². The predicted octanol–water partition coefficient (Wildman–Crippen LogP) is 0.709. The number of carbonyl (C=O) groups is 1. The van der Waals surface area contributed by atoms with Gasteiger partial charge in [0.1, 0.15) is 5.69 Å². The third-order valence-corrected chi connectivity index (χ3v) is 2.01. The summed E-state index contributed by atoms with van der Waals surface area (Å²) in [6, 6.07) is 0. The predicted molar refractivity (Wildman–Crippen MR) is 51.7 cm³/mol. The number of nitrogens with zero attached hydrogens (tertiary/aromatic N) is 1. The first-order chi connectivity index (χ1) is 6.25. The van der Waals surface area contributed by atoms with Crippen molar-refractivity contribution in [2.75, 3.05) is 0 Å². The minimum absolute atomic E-state index is 0.0231. The van der Waals surface area contributed by atoms with Crippen LogP contribution in [0.2, 0.25) is 0 Å². The monoisotopic (exact) mass is 198 g/mol. The van der Waals surface area contributed by atoms with Gasteiger partial charge in [-0.3, -0.25) is 14.6 Å². The molecular weight excluding hydrogens is 184 g/mol. The molecule has 0 amide bonds. The Morgan fingerprint density at radius 2 is 1.93 bits per heavy atom. The molecule has 0 aliphatic rings. The molecule has 5 heteroatoms. The average Bonchev–Trinajstić information content (AvgIpc) is 2.27. The quantitative estimate of drug-likeness (QED) is 0.697. The van der Waals surface area contributed by atoms with E-state index < -0.39 is 11.4 Å². The molecule has 0 unspecified atom stereocenters. The zero-order valence-electron chi connectivity index (χ0n) is 8.71. The lowest BCUT2D eigenvalue weighted by molar-refractivity contribution is 0.0687. The molecule has 78 valence electrons. The Balaban J connectivity index is 3.55. The number of aromatic carboxylic acids is 1. The van der Waals surface area contributed by atoms with Crippen molar-refractivity contribution in [2.24, 2.45) is 7.05 Å². The average molecular weight is 198 g/mol. The summed E-state index contributed by atoms with van der Waals surface area (Å²) < 4.78 is 1.18. The number of rotatable bonds is 1. The number of aromatic nitrogens is 2. The summed E-state index contributed by atoms with van der Waals surface area (Å²) in [5.74, 6) is -1.10. The molecule has 0 saturated carbocycles. The molecule has 5 nitrogen and oxygen atoms in total. The molecule has 0 fully saturated rings. The fourth-order valence-corrected chi connectivity index (χ4v) is 1.40. The van der Waals surface area contributed by atoms with E-state index in [9.17, 15) is 9.59 Å². The van der Waals surface area contributed by atoms with Gasteiger partial charge in [-0.05, 0) is 5.41 Å². The van der Waals surface area contributed by atoms with Crippen LogP contribution in [0.3, 0.4) is 0 Å². The highest BCUT2D eigenvalue weighted by molar-refractivity contribution is 5.87. The topological polar surface area (TPSA) is 75.1 Å². The van der Waals surface area contributed by atoms with Crippen molar-refractivity contribution in [3.63, 3.8) is 0 Å². The van der Waals surface area contributed by atoms with Crippen LogP contribution in [0.5, 0.6) is 0 Å². The Morgan fingerprint density at radius 3 is 2.21 bits per heavy atom. The Hall–Kier alpha value is -1.52. The molecule has 0 radical (unpaired) electrons. The van der Waals surface area contributed by atoms with Crippen molar-refractivity contribution >= 4 is 5.97 Å². The molecule has 1 heterocycles. The van der Waals surface area contributed by atoms with Crippen LogP contribution in [0.15, 0.2) is 4.79 Å². The van der Waals surface area contributed by atoms with Crippen molar-refractivity contribution < 1.29 is 9.90 Å². The summed E-state index contributed by atoms with van der Waals surface area (Å²) in [5.41, 5.74) is -0.463. The molecule has 2 N–H and O–H groups in total. The molecule has 0 aliphatic heterocycles. The number of hydrogen-bond acceptors (Lipinski definition) is 2. The molecule has 1 aromatic rings. The molecule has 14 heavy (non-hydrogen) atoms. The van der Waals surface area contributed by atoms with Gasteiger partial charge in [-0.15, -0.1) is 0 Å². The van der Waals surface area contributed by atoms with Crippen LogP contribution in [0.1, 0.15) is 36.8 Å². The second kappa shape index (κ2) is 3.01. The van der Waals surface area contributed by atoms with Crippen molar-refractivity contribution in [1.82, 2.24) is 9.78 Å². The Kier molecular flexibility index (Phi) is 2.27. The van der Waals surface area contributed by atoms with Gasteiger partial charge in [0.25, 0.3) is 5.56 Å². The Bertz CT molecular complexity index is 420. The van der Waals surface area contributed by atoms with Gasteiger partial charge in [-0.25, -0.2) is 4.79 Å². The number of carboxylic acid groups (broad SMARTS) is 1. The van der Waals surface area contributed by atoms with E-state index >= 15 is 0 Å². The lowest BCUT2D eigenvalue weighted by Crippen LogP contribution is -2.25. The fraction of sp³-hybridized carbons (Fsp3) is 0.556. The number of aromatic amines is 1. The summed E-state index contributed by atoms with van der Waals surface area (Å²) in [5, 5.41) is 11.4. The smallest absolute Gasteiger partial charge is 0.354 e. The van der Waals surface area contributed by atoms with Crippen LogP contribution in [-0.2, 0) is 12.5 Å². The fourth-order valence-electron chi connectivity index (χ4n) is 1.40. The zero-order valence-corrected chi connectivity index (χ0v) is 8.71. The SMILES string of the molecule is Cn1[nH]c(C(=O)O)c(C(C)(C)C)c1=O. The highest BCUT2D eigenvalue weighted by Crippen LogP contribution is 2.21. The molecule has 1 aromatic heterocycles. The minimum atomic E-state index is -1.10. The van der Waals surface area contributed by atoms with E-state index in [2.05, 4.69) is 5.10 Å². The van der Waals surface area contributed by atoms with Gasteiger partial charge >= 0.3 is 5.97 Å². The molecule has 0 spiro atoms. The van der Waals surface area contributed by atoms with Gasteiger partial charge in [-0.2, -0.15) is 0 Å². The highest BCUT2D eigenvalue weighted by atomic mass is 16.4. The maximum Gasteiger partial charge on any atom is 0.354 e. The van der Waals surface area contributed by atoms with Gasteiger partial charge in [0.15, 0.2) is 0 Å². The van der Waals surface area contributed by atoms with Crippen LogP contribution in [0, 0.1) is 0 Å². The van der Waals surface area contributed by atoms with Gasteiger partial charge in [-0.1, -0.05) is 20.8 Å². The van der Waals surface area contributed by atoms with Crippen LogP contribution < -0.4 is 5.56 Å². The molecule has 0 saturated heterocycles. The first-order valence-corrected chi connectivity index (χ1v) is 4.28. The maximum absolute atomic E-state index is 11.6. The number of H-pyrrole nitrogens is 1. The second-order valence-corrected chi connectivity index (χ2v) is 4.28. The van der Waals surface area contributed by atoms with Crippen LogP contribution in [0.25, 0.3) is 0 Å². The van der Waals surface area contributed by atoms with E-state index in [4.69, 9.17) is 5.11 Å². The normalized spacial score (nSPS) is 11.7. The van der Waals surface area contributed by atoms with E-state index in [1.807, 2.05) is 20.8 Å². The summed E-state index contributed by atoms with van der Waals surface area (Å²) in [6.07, 6.45) is 0. The van der Waals surface area contributed by atoms with Gasteiger partial charge in [0, 0.05) is 7.05 Å². The molecule has 0 aromatic carbocycles.